The Morgan fingerprint density at radius 3 is 1.76 bits per heavy atom. The molecule has 0 unspecified atom stereocenters. The highest BCUT2D eigenvalue weighted by atomic mass is 32.3. The standard InChI is InChI=1S/C28H36O14S2Si/c1-16-19(13-38-43(29,30)31)17-9-25(23(35-5)11-21(17)40-16)37-15-27-20(14-39-44(32,33)34)18-10-26(24(36-6)12-22(18)41-27)42-45(7,8)28(2,3)4/h9-12H,13-15H2,1-8H3,(H,29,30,31)(H,32,33,34). The van der Waals surface area contributed by atoms with E-state index >= 15 is 0 Å². The summed E-state index contributed by atoms with van der Waals surface area (Å²) in [5.74, 6) is 1.80. The van der Waals surface area contributed by atoms with E-state index in [1.54, 1.807) is 25.1 Å². The third kappa shape index (κ3) is 7.92. The van der Waals surface area contributed by atoms with E-state index in [-0.39, 0.29) is 34.5 Å². The van der Waals surface area contributed by atoms with Crippen LogP contribution in [0.15, 0.2) is 33.1 Å². The van der Waals surface area contributed by atoms with Crippen LogP contribution in [0.5, 0.6) is 23.0 Å². The highest BCUT2D eigenvalue weighted by molar-refractivity contribution is 7.81. The Bertz CT molecular complexity index is 1930. The predicted octanol–water partition coefficient (Wildman–Crippen LogP) is 6.11. The SMILES string of the molecule is COc1cc2oc(C)c(COS(=O)(=O)O)c2cc1OCc1oc2cc(OC)c(O[Si](C)(C)C(C)(C)C)cc2c1COS(=O)(=O)O. The first-order valence-electron chi connectivity index (χ1n) is 13.5. The number of ether oxygens (including phenoxy) is 3. The third-order valence-corrected chi connectivity index (χ3v) is 12.8. The van der Waals surface area contributed by atoms with Gasteiger partial charge in [0.2, 0.25) is 0 Å². The molecule has 248 valence electrons. The molecule has 0 saturated heterocycles. The summed E-state index contributed by atoms with van der Waals surface area (Å²) >= 11 is 0. The van der Waals surface area contributed by atoms with Crippen LogP contribution in [0.2, 0.25) is 18.1 Å². The van der Waals surface area contributed by atoms with Crippen LogP contribution < -0.4 is 18.6 Å². The Labute approximate surface area is 262 Å². The Hall–Kier alpha value is -3.32. The molecule has 45 heavy (non-hydrogen) atoms. The fourth-order valence-corrected chi connectivity index (χ4v) is 5.84. The molecule has 14 nitrogen and oxygen atoms in total. The predicted molar refractivity (Wildman–Crippen MR) is 165 cm³/mol. The van der Waals surface area contributed by atoms with Gasteiger partial charge in [-0.05, 0) is 37.2 Å². The topological polar surface area (TPSA) is 190 Å². The van der Waals surface area contributed by atoms with E-state index in [1.807, 2.05) is 0 Å². The molecule has 0 fully saturated rings. The first-order chi connectivity index (χ1) is 20.7. The van der Waals surface area contributed by atoms with E-state index in [1.165, 1.54) is 20.3 Å². The quantitative estimate of drug-likeness (QED) is 0.121. The lowest BCUT2D eigenvalue weighted by Gasteiger charge is -2.36. The average Bonchev–Trinajstić information content (AvgIpc) is 3.41. The average molecular weight is 689 g/mol. The highest BCUT2D eigenvalue weighted by Gasteiger charge is 2.40. The highest BCUT2D eigenvalue weighted by Crippen LogP contribution is 2.43. The van der Waals surface area contributed by atoms with Gasteiger partial charge < -0.3 is 27.5 Å². The van der Waals surface area contributed by atoms with E-state index in [9.17, 15) is 21.4 Å². The van der Waals surface area contributed by atoms with Gasteiger partial charge in [0.15, 0.2) is 17.2 Å². The number of rotatable bonds is 13. The van der Waals surface area contributed by atoms with Crippen LogP contribution in [0.4, 0.5) is 0 Å². The Morgan fingerprint density at radius 2 is 1.22 bits per heavy atom. The first-order valence-corrected chi connectivity index (χ1v) is 19.1. The zero-order valence-corrected chi connectivity index (χ0v) is 28.7. The lowest BCUT2D eigenvalue weighted by Crippen LogP contribution is -2.43. The normalized spacial score (nSPS) is 13.0. The van der Waals surface area contributed by atoms with E-state index in [0.29, 0.717) is 44.8 Å². The summed E-state index contributed by atoms with van der Waals surface area (Å²) in [6.07, 6.45) is 0. The second-order valence-corrected chi connectivity index (χ2v) is 18.6. The van der Waals surface area contributed by atoms with Crippen molar-refractivity contribution in [2.45, 2.75) is 65.6 Å². The van der Waals surface area contributed by atoms with Crippen LogP contribution >= 0.6 is 0 Å². The maximum atomic E-state index is 11.5. The second-order valence-electron chi connectivity index (χ2n) is 11.7. The molecule has 0 aliphatic carbocycles. The number of furan rings is 2. The van der Waals surface area contributed by atoms with Gasteiger partial charge in [0.05, 0.1) is 27.4 Å². The van der Waals surface area contributed by atoms with E-state index in [0.717, 1.165) is 0 Å². The summed E-state index contributed by atoms with van der Waals surface area (Å²) in [6.45, 7) is 10.7. The van der Waals surface area contributed by atoms with Gasteiger partial charge >= 0.3 is 20.8 Å². The molecule has 2 heterocycles. The van der Waals surface area contributed by atoms with Crippen molar-refractivity contribution in [1.29, 1.82) is 0 Å². The van der Waals surface area contributed by atoms with Crippen molar-refractivity contribution in [3.63, 3.8) is 0 Å². The van der Waals surface area contributed by atoms with Gasteiger partial charge in [-0.15, -0.1) is 0 Å². The third-order valence-electron chi connectivity index (χ3n) is 7.67. The number of hydrogen-bond acceptors (Lipinski definition) is 12. The molecule has 4 aromatic rings. The number of methoxy groups -OCH3 is 2. The van der Waals surface area contributed by atoms with Crippen LogP contribution in [0, 0.1) is 6.92 Å². The van der Waals surface area contributed by atoms with Crippen LogP contribution in [0.25, 0.3) is 21.9 Å². The molecule has 0 aliphatic heterocycles. The maximum Gasteiger partial charge on any atom is 0.397 e. The second kappa shape index (κ2) is 12.5. The van der Waals surface area contributed by atoms with E-state index < -0.39 is 42.3 Å². The molecular formula is C28H36O14S2Si. The lowest BCUT2D eigenvalue weighted by atomic mass is 10.1. The minimum atomic E-state index is -4.81. The molecule has 2 aromatic heterocycles. The summed E-state index contributed by atoms with van der Waals surface area (Å²) in [5, 5.41) is 0.749. The summed E-state index contributed by atoms with van der Waals surface area (Å²) in [6, 6.07) is 6.36. The van der Waals surface area contributed by atoms with Gasteiger partial charge in [-0.3, -0.25) is 9.11 Å². The minimum absolute atomic E-state index is 0.134. The molecule has 0 atom stereocenters. The van der Waals surface area contributed by atoms with Gasteiger partial charge in [-0.2, -0.15) is 16.8 Å². The Kier molecular flexibility index (Phi) is 9.57. The van der Waals surface area contributed by atoms with Crippen molar-refractivity contribution in [2.75, 3.05) is 14.2 Å². The number of aryl methyl sites for hydroxylation is 1. The van der Waals surface area contributed by atoms with Crippen LogP contribution in [-0.2, 0) is 49.0 Å². The van der Waals surface area contributed by atoms with Crippen molar-refractivity contribution >= 4 is 51.1 Å². The fraction of sp³-hybridized carbons (Fsp3) is 0.429. The van der Waals surface area contributed by atoms with Gasteiger partial charge in [-0.25, -0.2) is 8.37 Å². The fourth-order valence-electron chi connectivity index (χ4n) is 4.29. The summed E-state index contributed by atoms with van der Waals surface area (Å²) < 4.78 is 108. The molecule has 17 heteroatoms. The zero-order chi connectivity index (χ0) is 33.5. The Balaban J connectivity index is 1.77. The van der Waals surface area contributed by atoms with Crippen LogP contribution in [0.3, 0.4) is 0 Å². The molecule has 0 spiro atoms. The van der Waals surface area contributed by atoms with Crippen molar-refractivity contribution < 1.29 is 61.8 Å². The molecule has 0 aliphatic rings. The first kappa shape index (κ1) is 34.5. The Morgan fingerprint density at radius 1 is 0.733 bits per heavy atom. The molecule has 0 radical (unpaired) electrons. The van der Waals surface area contributed by atoms with Gasteiger partial charge in [0.25, 0.3) is 8.32 Å². The smallest absolute Gasteiger partial charge is 0.397 e. The maximum absolute atomic E-state index is 11.5. The molecule has 0 saturated carbocycles. The largest absolute Gasteiger partial charge is 0.541 e. The van der Waals surface area contributed by atoms with Gasteiger partial charge in [0.1, 0.15) is 35.0 Å². The number of fused-ring (bicyclic) bond motifs is 2. The van der Waals surface area contributed by atoms with Crippen molar-refractivity contribution in [2.24, 2.45) is 0 Å². The zero-order valence-electron chi connectivity index (χ0n) is 26.0. The summed E-state index contributed by atoms with van der Waals surface area (Å²) in [5.41, 5.74) is 1.28. The lowest BCUT2D eigenvalue weighted by molar-refractivity contribution is 0.240. The molecule has 4 rings (SSSR count). The minimum Gasteiger partial charge on any atom is -0.541 e. The molecule has 0 bridgehead atoms. The van der Waals surface area contributed by atoms with Gasteiger partial charge in [-0.1, -0.05) is 20.8 Å². The molecule has 0 amide bonds. The van der Waals surface area contributed by atoms with Crippen molar-refractivity contribution in [3.8, 4) is 23.0 Å². The van der Waals surface area contributed by atoms with Crippen molar-refractivity contribution in [1.82, 2.24) is 0 Å². The van der Waals surface area contributed by atoms with Crippen molar-refractivity contribution in [3.05, 3.63) is 46.9 Å². The van der Waals surface area contributed by atoms with E-state index in [2.05, 4.69) is 38.0 Å². The van der Waals surface area contributed by atoms with E-state index in [4.69, 9.17) is 36.2 Å². The molecule has 2 aromatic carbocycles. The molecular weight excluding hydrogens is 653 g/mol. The number of hydrogen-bond donors (Lipinski definition) is 2. The van der Waals surface area contributed by atoms with Crippen LogP contribution in [-0.4, -0.2) is 48.5 Å². The number of benzene rings is 2. The van der Waals surface area contributed by atoms with Crippen LogP contribution in [0.1, 0.15) is 43.4 Å². The van der Waals surface area contributed by atoms with Gasteiger partial charge in [0, 0.05) is 34.0 Å². The monoisotopic (exact) mass is 688 g/mol. The summed E-state index contributed by atoms with van der Waals surface area (Å²) in [7, 11) is -8.95. The molecule has 2 N–H and O–H groups in total. The summed E-state index contributed by atoms with van der Waals surface area (Å²) in [4.78, 5) is 0.